The molecule has 2 heteroatoms. The van der Waals surface area contributed by atoms with E-state index in [0.29, 0.717) is 11.6 Å². The summed E-state index contributed by atoms with van der Waals surface area (Å²) in [4.78, 5) is 2.73. The van der Waals surface area contributed by atoms with E-state index in [1.165, 1.54) is 25.8 Å². The van der Waals surface area contributed by atoms with Gasteiger partial charge in [-0.05, 0) is 39.2 Å². The highest BCUT2D eigenvalue weighted by Crippen LogP contribution is 2.43. The molecule has 0 amide bonds. The molecule has 2 atom stereocenters. The molecule has 0 bridgehead atoms. The lowest BCUT2D eigenvalue weighted by Crippen LogP contribution is -2.60. The average Bonchev–Trinajstić information content (AvgIpc) is 2.62. The monoisotopic (exact) mass is 225 g/mol. The predicted octanol–water partition coefficient (Wildman–Crippen LogP) is 2.92. The molecule has 0 N–H and O–H groups in total. The van der Waals surface area contributed by atoms with Gasteiger partial charge in [0.1, 0.15) is 0 Å². The van der Waals surface area contributed by atoms with Gasteiger partial charge >= 0.3 is 0 Å². The summed E-state index contributed by atoms with van der Waals surface area (Å²) in [6, 6.07) is 0.656. The Morgan fingerprint density at radius 3 is 2.56 bits per heavy atom. The van der Waals surface area contributed by atoms with E-state index in [1.807, 2.05) is 0 Å². The van der Waals surface area contributed by atoms with Crippen LogP contribution in [0.25, 0.3) is 0 Å². The topological polar surface area (TPSA) is 12.5 Å². The van der Waals surface area contributed by atoms with E-state index in [-0.39, 0.29) is 0 Å². The van der Waals surface area contributed by atoms with Crippen LogP contribution in [0.4, 0.5) is 0 Å². The second kappa shape index (κ2) is 4.66. The van der Waals surface area contributed by atoms with E-state index in [4.69, 9.17) is 4.74 Å². The molecule has 0 unspecified atom stereocenters. The van der Waals surface area contributed by atoms with E-state index in [0.717, 1.165) is 25.0 Å². The standard InChI is InChI=1S/C14H27NO/c1-11(2)13-9-16-10-14(13)7-5-6-8-15(14)12(3)4/h11-13H,5-10H2,1-4H3/t13-,14-/m1/s1. The molecule has 0 saturated carbocycles. The SMILES string of the molecule is CC(C)[C@H]1COC[C@]12CCCCN2C(C)C. The Balaban J connectivity index is 2.24. The van der Waals surface area contributed by atoms with Crippen molar-refractivity contribution in [2.75, 3.05) is 19.8 Å². The maximum absolute atomic E-state index is 5.85. The van der Waals surface area contributed by atoms with E-state index < -0.39 is 0 Å². The van der Waals surface area contributed by atoms with E-state index in [1.54, 1.807) is 0 Å². The highest BCUT2D eigenvalue weighted by molar-refractivity contribution is 5.03. The quantitative estimate of drug-likeness (QED) is 0.716. The van der Waals surface area contributed by atoms with Crippen LogP contribution < -0.4 is 0 Å². The third kappa shape index (κ3) is 1.91. The Morgan fingerprint density at radius 2 is 1.94 bits per heavy atom. The lowest BCUT2D eigenvalue weighted by molar-refractivity contribution is -0.0198. The number of likely N-dealkylation sites (tertiary alicyclic amines) is 1. The predicted molar refractivity (Wildman–Crippen MR) is 67.6 cm³/mol. The lowest BCUT2D eigenvalue weighted by atomic mass is 9.73. The van der Waals surface area contributed by atoms with Gasteiger partial charge in [-0.3, -0.25) is 4.90 Å². The maximum Gasteiger partial charge on any atom is 0.0654 e. The van der Waals surface area contributed by atoms with Crippen molar-refractivity contribution in [2.24, 2.45) is 11.8 Å². The van der Waals surface area contributed by atoms with Gasteiger partial charge in [-0.25, -0.2) is 0 Å². The van der Waals surface area contributed by atoms with Gasteiger partial charge in [0.25, 0.3) is 0 Å². The van der Waals surface area contributed by atoms with Crippen molar-refractivity contribution in [3.63, 3.8) is 0 Å². The maximum atomic E-state index is 5.85. The van der Waals surface area contributed by atoms with Gasteiger partial charge < -0.3 is 4.74 Å². The molecule has 2 aliphatic rings. The Labute approximate surface area is 100 Å². The van der Waals surface area contributed by atoms with Crippen molar-refractivity contribution in [2.45, 2.75) is 58.5 Å². The molecular weight excluding hydrogens is 198 g/mol. The number of hydrogen-bond donors (Lipinski definition) is 0. The van der Waals surface area contributed by atoms with Crippen LogP contribution in [0, 0.1) is 11.8 Å². The third-order valence-corrected chi connectivity index (χ3v) is 4.60. The molecule has 2 saturated heterocycles. The van der Waals surface area contributed by atoms with Crippen LogP contribution in [0.5, 0.6) is 0 Å². The molecule has 2 nitrogen and oxygen atoms in total. The van der Waals surface area contributed by atoms with E-state index in [9.17, 15) is 0 Å². The molecule has 2 fully saturated rings. The Bertz CT molecular complexity index is 239. The van der Waals surface area contributed by atoms with Crippen LogP contribution in [0.1, 0.15) is 47.0 Å². The fraction of sp³-hybridized carbons (Fsp3) is 1.00. The van der Waals surface area contributed by atoms with Crippen molar-refractivity contribution < 1.29 is 4.74 Å². The van der Waals surface area contributed by atoms with Crippen molar-refractivity contribution in [1.82, 2.24) is 4.90 Å². The van der Waals surface area contributed by atoms with Crippen LogP contribution in [0.2, 0.25) is 0 Å². The van der Waals surface area contributed by atoms with Crippen LogP contribution in [0.15, 0.2) is 0 Å². The molecule has 0 aliphatic carbocycles. The molecule has 0 aromatic carbocycles. The summed E-state index contributed by atoms with van der Waals surface area (Å²) in [6.07, 6.45) is 4.09. The highest BCUT2D eigenvalue weighted by atomic mass is 16.5. The fourth-order valence-corrected chi connectivity index (χ4v) is 3.84. The summed E-state index contributed by atoms with van der Waals surface area (Å²) < 4.78 is 5.85. The largest absolute Gasteiger partial charge is 0.379 e. The highest BCUT2D eigenvalue weighted by Gasteiger charge is 2.50. The summed E-state index contributed by atoms with van der Waals surface area (Å²) in [7, 11) is 0. The average molecular weight is 225 g/mol. The van der Waals surface area contributed by atoms with Gasteiger partial charge in [-0.15, -0.1) is 0 Å². The minimum absolute atomic E-state index is 0.362. The van der Waals surface area contributed by atoms with E-state index >= 15 is 0 Å². The minimum Gasteiger partial charge on any atom is -0.379 e. The Morgan fingerprint density at radius 1 is 1.19 bits per heavy atom. The summed E-state index contributed by atoms with van der Waals surface area (Å²) in [5, 5.41) is 0. The molecule has 2 heterocycles. The zero-order valence-electron chi connectivity index (χ0n) is 11.3. The number of nitrogens with zero attached hydrogens (tertiary/aromatic N) is 1. The van der Waals surface area contributed by atoms with E-state index in [2.05, 4.69) is 32.6 Å². The van der Waals surface area contributed by atoms with Crippen LogP contribution >= 0.6 is 0 Å². The van der Waals surface area contributed by atoms with Crippen LogP contribution in [0.3, 0.4) is 0 Å². The Hall–Kier alpha value is -0.0800. The van der Waals surface area contributed by atoms with Gasteiger partial charge in [0.15, 0.2) is 0 Å². The number of rotatable bonds is 2. The van der Waals surface area contributed by atoms with Crippen molar-refractivity contribution in [3.8, 4) is 0 Å². The first-order chi connectivity index (χ1) is 7.58. The summed E-state index contributed by atoms with van der Waals surface area (Å²) in [5.41, 5.74) is 0.362. The minimum atomic E-state index is 0.362. The summed E-state index contributed by atoms with van der Waals surface area (Å²) in [5.74, 6) is 1.47. The smallest absolute Gasteiger partial charge is 0.0654 e. The first-order valence-corrected chi connectivity index (χ1v) is 6.92. The molecule has 0 aromatic rings. The van der Waals surface area contributed by atoms with Crippen molar-refractivity contribution >= 4 is 0 Å². The van der Waals surface area contributed by atoms with Crippen LogP contribution in [-0.4, -0.2) is 36.2 Å². The zero-order valence-corrected chi connectivity index (χ0v) is 11.3. The fourth-order valence-electron chi connectivity index (χ4n) is 3.84. The molecule has 16 heavy (non-hydrogen) atoms. The van der Waals surface area contributed by atoms with Gasteiger partial charge in [0.05, 0.1) is 13.2 Å². The molecule has 2 aliphatic heterocycles. The number of piperidine rings is 1. The van der Waals surface area contributed by atoms with Gasteiger partial charge in [-0.1, -0.05) is 20.3 Å². The van der Waals surface area contributed by atoms with Crippen molar-refractivity contribution in [3.05, 3.63) is 0 Å². The van der Waals surface area contributed by atoms with Crippen molar-refractivity contribution in [1.29, 1.82) is 0 Å². The molecule has 1 spiro atoms. The molecule has 94 valence electrons. The van der Waals surface area contributed by atoms with Crippen LogP contribution in [-0.2, 0) is 4.74 Å². The second-order valence-corrected chi connectivity index (χ2v) is 6.21. The molecule has 0 radical (unpaired) electrons. The summed E-state index contributed by atoms with van der Waals surface area (Å²) in [6.45, 7) is 12.6. The second-order valence-electron chi connectivity index (χ2n) is 6.21. The number of hydrogen-bond acceptors (Lipinski definition) is 2. The number of ether oxygens (including phenoxy) is 1. The normalized spacial score (nSPS) is 36.8. The molecular formula is C14H27NO. The molecule has 0 aromatic heterocycles. The third-order valence-electron chi connectivity index (χ3n) is 4.60. The summed E-state index contributed by atoms with van der Waals surface area (Å²) >= 11 is 0. The Kier molecular flexibility index (Phi) is 3.60. The zero-order chi connectivity index (χ0) is 11.8. The molecule has 2 rings (SSSR count). The first-order valence-electron chi connectivity index (χ1n) is 6.92. The lowest BCUT2D eigenvalue weighted by Gasteiger charge is -2.50. The first kappa shape index (κ1) is 12.4. The van der Waals surface area contributed by atoms with Gasteiger partial charge in [0.2, 0.25) is 0 Å². The van der Waals surface area contributed by atoms with Gasteiger partial charge in [-0.2, -0.15) is 0 Å². The van der Waals surface area contributed by atoms with Gasteiger partial charge in [0, 0.05) is 17.5 Å².